The number of para-hydroxylation sites is 1. The average molecular weight is 351 g/mol. The molecule has 2 aromatic rings. The van der Waals surface area contributed by atoms with E-state index in [1.54, 1.807) is 0 Å². The summed E-state index contributed by atoms with van der Waals surface area (Å²) < 4.78 is 2.33. The third-order valence-corrected chi connectivity index (χ3v) is 5.27. The number of nitrogens with zero attached hydrogens (tertiary/aromatic N) is 4. The number of likely N-dealkylation sites (tertiary alicyclic amines) is 1. The van der Waals surface area contributed by atoms with E-state index in [0.29, 0.717) is 0 Å². The Hall–Kier alpha value is -2.30. The minimum atomic E-state index is 0.780. The predicted octanol–water partition coefficient (Wildman–Crippen LogP) is 3.72. The number of fused-ring (bicyclic) bond motifs is 1. The molecule has 0 spiro atoms. The molecule has 3 heterocycles. The van der Waals surface area contributed by atoms with Crippen LogP contribution in [0, 0.1) is 0 Å². The molecule has 0 radical (unpaired) electrons. The fourth-order valence-corrected chi connectivity index (χ4v) is 3.84. The Morgan fingerprint density at radius 1 is 1.00 bits per heavy atom. The topological polar surface area (TPSA) is 45.5 Å². The number of nitrogens with one attached hydrogen (secondary N) is 1. The van der Waals surface area contributed by atoms with E-state index in [1.807, 2.05) is 6.07 Å². The number of hydrogen-bond acceptors (Lipinski definition) is 2. The van der Waals surface area contributed by atoms with Crippen molar-refractivity contribution in [3.63, 3.8) is 0 Å². The summed E-state index contributed by atoms with van der Waals surface area (Å²) in [5, 5.41) is 3.53. The number of aromatic nitrogens is 2. The van der Waals surface area contributed by atoms with Gasteiger partial charge in [-0.1, -0.05) is 18.2 Å². The number of anilines is 1. The second-order valence-electron chi connectivity index (χ2n) is 7.29. The van der Waals surface area contributed by atoms with Crippen LogP contribution in [-0.4, -0.2) is 40.0 Å². The highest BCUT2D eigenvalue weighted by Gasteiger charge is 2.15. The molecule has 0 bridgehead atoms. The zero-order chi connectivity index (χ0) is 17.6. The molecule has 5 nitrogen and oxygen atoms in total. The number of imidazole rings is 1. The van der Waals surface area contributed by atoms with Gasteiger partial charge in [0.25, 0.3) is 0 Å². The van der Waals surface area contributed by atoms with Crippen molar-refractivity contribution in [3.05, 3.63) is 48.0 Å². The molecule has 0 saturated carbocycles. The first-order valence-electron chi connectivity index (χ1n) is 10.0. The first-order valence-corrected chi connectivity index (χ1v) is 10.0. The standard InChI is InChI=1S/C21H29N5/c1-3-9-18(10-4-1)24-21(25-14-6-2-7-15-25)22-13-12-19-17-26-16-8-5-11-20(26)23-19/h1,3-4,9-10,17H,2,5-8,11-16H2,(H,22,24). The van der Waals surface area contributed by atoms with Gasteiger partial charge in [-0.25, -0.2) is 4.98 Å². The average Bonchev–Trinajstić information content (AvgIpc) is 3.11. The molecule has 1 aromatic heterocycles. The van der Waals surface area contributed by atoms with E-state index in [1.165, 1.54) is 43.6 Å². The van der Waals surface area contributed by atoms with E-state index in [9.17, 15) is 0 Å². The largest absolute Gasteiger partial charge is 0.343 e. The number of hydrogen-bond donors (Lipinski definition) is 1. The summed E-state index contributed by atoms with van der Waals surface area (Å²) in [7, 11) is 0. The van der Waals surface area contributed by atoms with Gasteiger partial charge in [0, 0.05) is 50.9 Å². The van der Waals surface area contributed by atoms with Crippen molar-refractivity contribution >= 4 is 11.6 Å². The van der Waals surface area contributed by atoms with Crippen LogP contribution < -0.4 is 5.32 Å². The quantitative estimate of drug-likeness (QED) is 0.674. The van der Waals surface area contributed by atoms with E-state index in [-0.39, 0.29) is 0 Å². The number of piperidine rings is 1. The van der Waals surface area contributed by atoms with Crippen molar-refractivity contribution in [1.82, 2.24) is 14.5 Å². The van der Waals surface area contributed by atoms with Crippen molar-refractivity contribution in [2.24, 2.45) is 4.99 Å². The number of guanidine groups is 1. The Balaban J connectivity index is 1.43. The van der Waals surface area contributed by atoms with Crippen LogP contribution in [0.4, 0.5) is 5.69 Å². The van der Waals surface area contributed by atoms with E-state index >= 15 is 0 Å². The van der Waals surface area contributed by atoms with Crippen molar-refractivity contribution in [3.8, 4) is 0 Å². The highest BCUT2D eigenvalue weighted by molar-refractivity contribution is 5.93. The van der Waals surface area contributed by atoms with Crippen molar-refractivity contribution in [2.45, 2.75) is 51.5 Å². The zero-order valence-corrected chi connectivity index (χ0v) is 15.5. The van der Waals surface area contributed by atoms with E-state index in [0.717, 1.165) is 50.7 Å². The fourth-order valence-electron chi connectivity index (χ4n) is 3.84. The van der Waals surface area contributed by atoms with Gasteiger partial charge in [0.15, 0.2) is 5.96 Å². The number of aliphatic imine (C=N–C) groups is 1. The monoisotopic (exact) mass is 351 g/mol. The number of aryl methyl sites for hydroxylation is 2. The van der Waals surface area contributed by atoms with Crippen LogP contribution in [0.25, 0.3) is 0 Å². The smallest absolute Gasteiger partial charge is 0.198 e. The van der Waals surface area contributed by atoms with Crippen LogP contribution in [-0.2, 0) is 19.4 Å². The first kappa shape index (κ1) is 17.1. The predicted molar refractivity (Wildman–Crippen MR) is 107 cm³/mol. The van der Waals surface area contributed by atoms with Gasteiger partial charge in [0.1, 0.15) is 5.82 Å². The molecule has 4 rings (SSSR count). The molecule has 1 N–H and O–H groups in total. The molecule has 138 valence electrons. The maximum Gasteiger partial charge on any atom is 0.198 e. The lowest BCUT2D eigenvalue weighted by atomic mass is 10.1. The minimum Gasteiger partial charge on any atom is -0.343 e. The number of rotatable bonds is 4. The molecule has 5 heteroatoms. The van der Waals surface area contributed by atoms with Gasteiger partial charge < -0.3 is 14.8 Å². The second kappa shape index (κ2) is 8.39. The summed E-state index contributed by atoms with van der Waals surface area (Å²) >= 11 is 0. The lowest BCUT2D eigenvalue weighted by molar-refractivity contribution is 0.340. The van der Waals surface area contributed by atoms with Crippen LogP contribution in [0.2, 0.25) is 0 Å². The molecule has 0 amide bonds. The fraction of sp³-hybridized carbons (Fsp3) is 0.524. The van der Waals surface area contributed by atoms with Crippen LogP contribution in [0.1, 0.15) is 43.6 Å². The van der Waals surface area contributed by atoms with E-state index < -0.39 is 0 Å². The van der Waals surface area contributed by atoms with Gasteiger partial charge in [-0.2, -0.15) is 0 Å². The Morgan fingerprint density at radius 3 is 2.62 bits per heavy atom. The Labute approximate surface area is 156 Å². The summed E-state index contributed by atoms with van der Waals surface area (Å²) in [6, 6.07) is 10.4. The SMILES string of the molecule is c1ccc(NC(=NCCc2cn3c(n2)CCCC3)N2CCCCC2)cc1. The van der Waals surface area contributed by atoms with Crippen LogP contribution in [0.3, 0.4) is 0 Å². The van der Waals surface area contributed by atoms with Crippen LogP contribution in [0.15, 0.2) is 41.5 Å². The third-order valence-electron chi connectivity index (χ3n) is 5.27. The molecule has 1 saturated heterocycles. The van der Waals surface area contributed by atoms with Gasteiger partial charge in [0.2, 0.25) is 0 Å². The van der Waals surface area contributed by atoms with Gasteiger partial charge in [0.05, 0.1) is 5.69 Å². The van der Waals surface area contributed by atoms with Gasteiger partial charge in [-0.15, -0.1) is 0 Å². The minimum absolute atomic E-state index is 0.780. The highest BCUT2D eigenvalue weighted by Crippen LogP contribution is 2.16. The third kappa shape index (κ3) is 4.26. The maximum absolute atomic E-state index is 4.93. The molecule has 0 unspecified atom stereocenters. The van der Waals surface area contributed by atoms with Crippen molar-refractivity contribution in [1.29, 1.82) is 0 Å². The Bertz CT molecular complexity index is 705. The number of benzene rings is 1. The summed E-state index contributed by atoms with van der Waals surface area (Å²) in [6.07, 6.45) is 10.7. The molecule has 0 atom stereocenters. The zero-order valence-electron chi connectivity index (χ0n) is 15.5. The van der Waals surface area contributed by atoms with Crippen molar-refractivity contribution in [2.75, 3.05) is 25.0 Å². The molecular weight excluding hydrogens is 322 g/mol. The summed E-state index contributed by atoms with van der Waals surface area (Å²) in [4.78, 5) is 12.1. The highest BCUT2D eigenvalue weighted by atomic mass is 15.3. The molecular formula is C21H29N5. The van der Waals surface area contributed by atoms with Crippen LogP contribution in [0.5, 0.6) is 0 Å². The molecule has 1 fully saturated rings. The lowest BCUT2D eigenvalue weighted by Gasteiger charge is -2.30. The Morgan fingerprint density at radius 2 is 1.81 bits per heavy atom. The summed E-state index contributed by atoms with van der Waals surface area (Å²) in [6.45, 7) is 4.09. The molecule has 0 aliphatic carbocycles. The maximum atomic E-state index is 4.93. The second-order valence-corrected chi connectivity index (χ2v) is 7.29. The van der Waals surface area contributed by atoms with Gasteiger partial charge in [-0.05, 0) is 44.2 Å². The lowest BCUT2D eigenvalue weighted by Crippen LogP contribution is -2.40. The molecule has 26 heavy (non-hydrogen) atoms. The van der Waals surface area contributed by atoms with Crippen LogP contribution >= 0.6 is 0 Å². The summed E-state index contributed by atoms with van der Waals surface area (Å²) in [5.41, 5.74) is 2.29. The van der Waals surface area contributed by atoms with E-state index in [2.05, 4.69) is 45.2 Å². The van der Waals surface area contributed by atoms with E-state index in [4.69, 9.17) is 9.98 Å². The molecule has 1 aromatic carbocycles. The normalized spacial score (nSPS) is 17.8. The Kier molecular flexibility index (Phi) is 5.53. The van der Waals surface area contributed by atoms with Gasteiger partial charge >= 0.3 is 0 Å². The molecule has 2 aliphatic rings. The van der Waals surface area contributed by atoms with Gasteiger partial charge in [-0.3, -0.25) is 4.99 Å². The molecule has 2 aliphatic heterocycles. The van der Waals surface area contributed by atoms with Crippen molar-refractivity contribution < 1.29 is 0 Å². The first-order chi connectivity index (χ1) is 12.9. The summed E-state index contributed by atoms with van der Waals surface area (Å²) in [5.74, 6) is 2.27.